The number of nitrogens with one attached hydrogen (secondary N) is 1. The minimum Gasteiger partial charge on any atom is -0.378 e. The number of hydrogen-bond acceptors (Lipinski definition) is 3. The van der Waals surface area contributed by atoms with E-state index < -0.39 is 0 Å². The van der Waals surface area contributed by atoms with Crippen LogP contribution >= 0.6 is 0 Å². The van der Waals surface area contributed by atoms with E-state index in [9.17, 15) is 0 Å². The van der Waals surface area contributed by atoms with Crippen molar-refractivity contribution in [1.29, 1.82) is 0 Å². The van der Waals surface area contributed by atoms with E-state index in [-0.39, 0.29) is 6.04 Å². The zero-order chi connectivity index (χ0) is 11.7. The molecule has 1 N–H and O–H groups in total. The summed E-state index contributed by atoms with van der Waals surface area (Å²) in [5.41, 5.74) is 2.33. The summed E-state index contributed by atoms with van der Waals surface area (Å²) in [7, 11) is 0. The summed E-state index contributed by atoms with van der Waals surface area (Å²) in [4.78, 5) is 4.39. The highest BCUT2D eigenvalue weighted by molar-refractivity contribution is 5.82. The smallest absolute Gasteiger partial charge is 0.0705 e. The van der Waals surface area contributed by atoms with Crippen molar-refractivity contribution in [3.8, 4) is 0 Å². The van der Waals surface area contributed by atoms with E-state index in [2.05, 4.69) is 35.4 Å². The van der Waals surface area contributed by atoms with Crippen LogP contribution in [0.4, 0.5) is 0 Å². The average molecular weight is 228 g/mol. The van der Waals surface area contributed by atoms with Crippen LogP contribution < -0.4 is 5.32 Å². The molecule has 0 saturated carbocycles. The molecular weight excluding hydrogens is 212 g/mol. The van der Waals surface area contributed by atoms with E-state index in [4.69, 9.17) is 4.74 Å². The minimum atomic E-state index is 0.270. The molecule has 1 aliphatic heterocycles. The highest BCUT2D eigenvalue weighted by atomic mass is 16.5. The van der Waals surface area contributed by atoms with E-state index in [1.807, 2.05) is 18.3 Å². The Hall–Kier alpha value is -1.45. The highest BCUT2D eigenvalue weighted by Gasteiger charge is 2.21. The fraction of sp³-hybridized carbons (Fsp3) is 0.357. The molecule has 17 heavy (non-hydrogen) atoms. The Morgan fingerprint density at radius 1 is 1.24 bits per heavy atom. The number of fused-ring (bicyclic) bond motifs is 1. The molecule has 3 heteroatoms. The monoisotopic (exact) mass is 228 g/mol. The lowest BCUT2D eigenvalue weighted by Crippen LogP contribution is -2.41. The van der Waals surface area contributed by atoms with Crippen LogP contribution in [0.15, 0.2) is 36.5 Å². The quantitative estimate of drug-likeness (QED) is 0.813. The Morgan fingerprint density at radius 3 is 3.00 bits per heavy atom. The first kappa shape index (κ1) is 10.7. The third-order valence-electron chi connectivity index (χ3n) is 3.20. The summed E-state index contributed by atoms with van der Waals surface area (Å²) in [5, 5.41) is 4.79. The topological polar surface area (TPSA) is 34.1 Å². The lowest BCUT2D eigenvalue weighted by atomic mass is 10.0. The molecule has 2 atom stereocenters. The minimum absolute atomic E-state index is 0.270. The number of nitrogens with zero attached hydrogens (tertiary/aromatic N) is 1. The van der Waals surface area contributed by atoms with E-state index >= 15 is 0 Å². The SMILES string of the molecule is C[C@H]1COC[C@@H](c2ccnc3ccccc23)N1. The molecule has 3 nitrogen and oxygen atoms in total. The molecule has 1 saturated heterocycles. The molecule has 1 fully saturated rings. The van der Waals surface area contributed by atoms with Gasteiger partial charge in [0.2, 0.25) is 0 Å². The second-order valence-corrected chi connectivity index (χ2v) is 4.58. The summed E-state index contributed by atoms with van der Waals surface area (Å²) >= 11 is 0. The standard InChI is InChI=1S/C14H16N2O/c1-10-8-17-9-14(16-10)12-6-7-15-13-5-3-2-4-11(12)13/h2-7,10,14,16H,8-9H2,1H3/t10-,14-/m0/s1. The largest absolute Gasteiger partial charge is 0.378 e. The summed E-state index contributed by atoms with van der Waals surface area (Å²) in [6.07, 6.45) is 1.87. The Morgan fingerprint density at radius 2 is 2.12 bits per heavy atom. The molecule has 1 aromatic carbocycles. The average Bonchev–Trinajstić information content (AvgIpc) is 2.38. The van der Waals surface area contributed by atoms with Crippen LogP contribution in [0, 0.1) is 0 Å². The van der Waals surface area contributed by atoms with Crippen LogP contribution in [0.25, 0.3) is 10.9 Å². The van der Waals surface area contributed by atoms with Crippen molar-refractivity contribution in [2.45, 2.75) is 19.0 Å². The third-order valence-corrected chi connectivity index (χ3v) is 3.20. The van der Waals surface area contributed by atoms with Gasteiger partial charge in [-0.3, -0.25) is 4.98 Å². The van der Waals surface area contributed by atoms with Crippen LogP contribution in [-0.4, -0.2) is 24.2 Å². The van der Waals surface area contributed by atoms with Gasteiger partial charge in [-0.15, -0.1) is 0 Å². The summed E-state index contributed by atoms with van der Waals surface area (Å²) < 4.78 is 5.61. The van der Waals surface area contributed by atoms with Gasteiger partial charge in [0.15, 0.2) is 0 Å². The van der Waals surface area contributed by atoms with Gasteiger partial charge >= 0.3 is 0 Å². The molecule has 0 bridgehead atoms. The predicted molar refractivity (Wildman–Crippen MR) is 67.9 cm³/mol. The van der Waals surface area contributed by atoms with Crippen molar-refractivity contribution in [2.75, 3.05) is 13.2 Å². The van der Waals surface area contributed by atoms with Gasteiger partial charge in [-0.25, -0.2) is 0 Å². The zero-order valence-electron chi connectivity index (χ0n) is 9.89. The molecule has 3 rings (SSSR count). The lowest BCUT2D eigenvalue weighted by Gasteiger charge is -2.29. The number of benzene rings is 1. The molecular formula is C14H16N2O. The van der Waals surface area contributed by atoms with Crippen molar-refractivity contribution >= 4 is 10.9 Å². The Balaban J connectivity index is 2.04. The van der Waals surface area contributed by atoms with Crippen LogP contribution in [0.1, 0.15) is 18.5 Å². The number of aromatic nitrogens is 1. The van der Waals surface area contributed by atoms with Gasteiger partial charge in [-0.2, -0.15) is 0 Å². The Kier molecular flexibility index (Phi) is 2.79. The number of pyridine rings is 1. The van der Waals surface area contributed by atoms with Gasteiger partial charge in [-0.05, 0) is 24.6 Å². The number of para-hydroxylation sites is 1. The molecule has 0 aliphatic carbocycles. The van der Waals surface area contributed by atoms with Gasteiger partial charge < -0.3 is 10.1 Å². The van der Waals surface area contributed by atoms with Crippen LogP contribution in [0.3, 0.4) is 0 Å². The molecule has 0 unspecified atom stereocenters. The molecule has 2 heterocycles. The molecule has 0 amide bonds. The first-order valence-electron chi connectivity index (χ1n) is 6.02. The van der Waals surface area contributed by atoms with Crippen LogP contribution in [0.5, 0.6) is 0 Å². The zero-order valence-corrected chi connectivity index (χ0v) is 9.89. The van der Waals surface area contributed by atoms with Gasteiger partial charge in [0.05, 0.1) is 24.8 Å². The maximum atomic E-state index is 5.61. The van der Waals surface area contributed by atoms with Gasteiger partial charge in [0, 0.05) is 17.6 Å². The first-order chi connectivity index (χ1) is 8.34. The second kappa shape index (κ2) is 4.43. The van der Waals surface area contributed by atoms with Crippen LogP contribution in [-0.2, 0) is 4.74 Å². The van der Waals surface area contributed by atoms with Crippen molar-refractivity contribution in [1.82, 2.24) is 10.3 Å². The molecule has 0 radical (unpaired) electrons. The number of hydrogen-bond donors (Lipinski definition) is 1. The lowest BCUT2D eigenvalue weighted by molar-refractivity contribution is 0.0508. The maximum absolute atomic E-state index is 5.61. The molecule has 1 aliphatic rings. The molecule has 0 spiro atoms. The van der Waals surface area contributed by atoms with Crippen LogP contribution in [0.2, 0.25) is 0 Å². The molecule has 2 aromatic rings. The Bertz CT molecular complexity index is 521. The molecule has 88 valence electrons. The van der Waals surface area contributed by atoms with Gasteiger partial charge in [-0.1, -0.05) is 18.2 Å². The maximum Gasteiger partial charge on any atom is 0.0705 e. The second-order valence-electron chi connectivity index (χ2n) is 4.58. The van der Waals surface area contributed by atoms with Gasteiger partial charge in [0.25, 0.3) is 0 Å². The van der Waals surface area contributed by atoms with E-state index in [1.54, 1.807) is 0 Å². The summed E-state index contributed by atoms with van der Waals surface area (Å²) in [6, 6.07) is 11.0. The van der Waals surface area contributed by atoms with E-state index in [0.717, 1.165) is 18.7 Å². The number of rotatable bonds is 1. The van der Waals surface area contributed by atoms with Crippen molar-refractivity contribution in [3.63, 3.8) is 0 Å². The summed E-state index contributed by atoms with van der Waals surface area (Å²) in [5.74, 6) is 0. The van der Waals surface area contributed by atoms with Crippen molar-refractivity contribution in [3.05, 3.63) is 42.1 Å². The Labute approximate surface area is 101 Å². The first-order valence-corrected chi connectivity index (χ1v) is 6.02. The fourth-order valence-corrected chi connectivity index (χ4v) is 2.40. The highest BCUT2D eigenvalue weighted by Crippen LogP contribution is 2.24. The predicted octanol–water partition coefficient (Wildman–Crippen LogP) is 2.28. The molecule has 1 aromatic heterocycles. The van der Waals surface area contributed by atoms with E-state index in [1.165, 1.54) is 10.9 Å². The summed E-state index contributed by atoms with van der Waals surface area (Å²) in [6.45, 7) is 3.67. The fourth-order valence-electron chi connectivity index (χ4n) is 2.40. The number of morpholine rings is 1. The van der Waals surface area contributed by atoms with E-state index in [0.29, 0.717) is 6.04 Å². The number of ether oxygens (including phenoxy) is 1. The normalized spacial score (nSPS) is 25.0. The third kappa shape index (κ3) is 2.04. The van der Waals surface area contributed by atoms with Crippen molar-refractivity contribution in [2.24, 2.45) is 0 Å². The van der Waals surface area contributed by atoms with Gasteiger partial charge in [0.1, 0.15) is 0 Å². The van der Waals surface area contributed by atoms with Crippen molar-refractivity contribution < 1.29 is 4.74 Å².